The van der Waals surface area contributed by atoms with Gasteiger partial charge in [-0.3, -0.25) is 4.79 Å². The molecule has 0 aliphatic carbocycles. The number of H-pyrrole nitrogens is 1. The Bertz CT molecular complexity index is 1180. The van der Waals surface area contributed by atoms with Gasteiger partial charge in [-0.1, -0.05) is 36.4 Å². The minimum absolute atomic E-state index is 0.0242. The normalized spacial score (nSPS) is 23.1. The SMILES string of the molecule is O=C(NC1CN2CCC1CC2)c1ccc(-c2nc3cc4ccccc4cc3[nH]2)cc1. The smallest absolute Gasteiger partial charge is 0.251 e. The number of benzene rings is 3. The Morgan fingerprint density at radius 3 is 2.43 bits per heavy atom. The predicted octanol–water partition coefficient (Wildman–Crippen LogP) is 4.21. The van der Waals surface area contributed by atoms with Crippen LogP contribution in [0.2, 0.25) is 0 Å². The van der Waals surface area contributed by atoms with Crippen LogP contribution in [0.25, 0.3) is 33.2 Å². The van der Waals surface area contributed by atoms with Gasteiger partial charge >= 0.3 is 0 Å². The highest BCUT2D eigenvalue weighted by atomic mass is 16.1. The Labute approximate surface area is 175 Å². The second kappa shape index (κ2) is 6.96. The van der Waals surface area contributed by atoms with Crippen molar-refractivity contribution in [2.45, 2.75) is 18.9 Å². The molecule has 0 saturated carbocycles. The van der Waals surface area contributed by atoms with Crippen LogP contribution in [0.1, 0.15) is 23.2 Å². The Balaban J connectivity index is 1.23. The predicted molar refractivity (Wildman–Crippen MR) is 119 cm³/mol. The summed E-state index contributed by atoms with van der Waals surface area (Å²) in [5.74, 6) is 1.48. The molecule has 5 nitrogen and oxygen atoms in total. The fourth-order valence-electron chi connectivity index (χ4n) is 4.99. The second-order valence-electron chi connectivity index (χ2n) is 8.60. The standard InChI is InChI=1S/C25H24N4O/c30-25(28-23-15-29-11-9-16(23)10-12-29)18-7-5-17(6-8-18)24-26-21-13-19-3-1-2-4-20(19)14-22(21)27-24/h1-8,13-14,16,23H,9-12,15H2,(H,26,27)(H,28,30). The van der Waals surface area contributed by atoms with Gasteiger partial charge < -0.3 is 15.2 Å². The van der Waals surface area contributed by atoms with Crippen molar-refractivity contribution in [1.29, 1.82) is 0 Å². The Morgan fingerprint density at radius 1 is 1.00 bits per heavy atom. The van der Waals surface area contributed by atoms with Gasteiger partial charge in [-0.25, -0.2) is 4.98 Å². The van der Waals surface area contributed by atoms with Crippen LogP contribution in [0.5, 0.6) is 0 Å². The van der Waals surface area contributed by atoms with Crippen molar-refractivity contribution in [3.8, 4) is 11.4 Å². The summed E-state index contributed by atoms with van der Waals surface area (Å²) in [7, 11) is 0. The summed E-state index contributed by atoms with van der Waals surface area (Å²) >= 11 is 0. The molecule has 0 spiro atoms. The second-order valence-corrected chi connectivity index (χ2v) is 8.60. The first-order chi connectivity index (χ1) is 14.7. The quantitative estimate of drug-likeness (QED) is 0.545. The van der Waals surface area contributed by atoms with E-state index in [0.717, 1.165) is 29.0 Å². The highest BCUT2D eigenvalue weighted by Crippen LogP contribution is 2.28. The third kappa shape index (κ3) is 3.06. The number of rotatable bonds is 3. The van der Waals surface area contributed by atoms with Gasteiger partial charge in [0.05, 0.1) is 11.0 Å². The number of carbonyl (C=O) groups is 1. The number of hydrogen-bond donors (Lipinski definition) is 2. The molecular weight excluding hydrogens is 372 g/mol. The van der Waals surface area contributed by atoms with E-state index in [-0.39, 0.29) is 11.9 Å². The number of imidazole rings is 1. The molecule has 1 unspecified atom stereocenters. The fraction of sp³-hybridized carbons (Fsp3) is 0.280. The summed E-state index contributed by atoms with van der Waals surface area (Å²) in [6.45, 7) is 3.35. The minimum Gasteiger partial charge on any atom is -0.348 e. The number of nitrogens with one attached hydrogen (secondary N) is 2. The third-order valence-electron chi connectivity index (χ3n) is 6.74. The van der Waals surface area contributed by atoms with Gasteiger partial charge in [0, 0.05) is 23.7 Å². The Hall–Kier alpha value is -3.18. The van der Waals surface area contributed by atoms with E-state index in [1.165, 1.54) is 36.7 Å². The van der Waals surface area contributed by atoms with Crippen LogP contribution in [-0.2, 0) is 0 Å². The fourth-order valence-corrected chi connectivity index (χ4v) is 4.99. The molecule has 2 N–H and O–H groups in total. The summed E-state index contributed by atoms with van der Waals surface area (Å²) in [6, 6.07) is 20.6. The molecule has 3 aliphatic heterocycles. The number of aromatic nitrogens is 2. The summed E-state index contributed by atoms with van der Waals surface area (Å²) < 4.78 is 0. The highest BCUT2D eigenvalue weighted by molar-refractivity contribution is 5.97. The number of amides is 1. The number of fused-ring (bicyclic) bond motifs is 5. The van der Waals surface area contributed by atoms with Gasteiger partial charge in [-0.15, -0.1) is 0 Å². The summed E-state index contributed by atoms with van der Waals surface area (Å²) in [5, 5.41) is 5.64. The maximum absolute atomic E-state index is 12.8. The number of carbonyl (C=O) groups excluding carboxylic acids is 1. The molecule has 2 bridgehead atoms. The topological polar surface area (TPSA) is 61.0 Å². The molecule has 4 aromatic rings. The molecule has 1 aromatic heterocycles. The average Bonchev–Trinajstić information content (AvgIpc) is 3.21. The number of hydrogen-bond acceptors (Lipinski definition) is 3. The van der Waals surface area contributed by atoms with Gasteiger partial charge in [-0.05, 0) is 66.9 Å². The van der Waals surface area contributed by atoms with Crippen molar-refractivity contribution in [2.75, 3.05) is 19.6 Å². The summed E-state index contributed by atoms with van der Waals surface area (Å²) in [5.41, 5.74) is 3.66. The third-order valence-corrected chi connectivity index (χ3v) is 6.74. The average molecular weight is 396 g/mol. The van der Waals surface area contributed by atoms with Crippen LogP contribution in [0, 0.1) is 5.92 Å². The van der Waals surface area contributed by atoms with Gasteiger partial charge in [0.1, 0.15) is 5.82 Å². The molecule has 3 saturated heterocycles. The molecule has 3 fully saturated rings. The largest absolute Gasteiger partial charge is 0.348 e. The lowest BCUT2D eigenvalue weighted by molar-refractivity contribution is 0.0620. The van der Waals surface area contributed by atoms with Crippen LogP contribution in [-0.4, -0.2) is 46.5 Å². The van der Waals surface area contributed by atoms with Crippen LogP contribution in [0.4, 0.5) is 0 Å². The molecule has 7 rings (SSSR count). The zero-order valence-electron chi connectivity index (χ0n) is 16.8. The molecule has 5 heteroatoms. The van der Waals surface area contributed by atoms with E-state index < -0.39 is 0 Å². The van der Waals surface area contributed by atoms with Crippen LogP contribution < -0.4 is 5.32 Å². The zero-order chi connectivity index (χ0) is 20.1. The lowest BCUT2D eigenvalue weighted by atomic mass is 9.84. The minimum atomic E-state index is 0.0242. The van der Waals surface area contributed by atoms with Crippen molar-refractivity contribution >= 4 is 27.7 Å². The zero-order valence-corrected chi connectivity index (χ0v) is 16.8. The van der Waals surface area contributed by atoms with Crippen molar-refractivity contribution in [1.82, 2.24) is 20.2 Å². The maximum atomic E-state index is 12.8. The molecule has 3 aliphatic rings. The molecule has 3 aromatic carbocycles. The Morgan fingerprint density at radius 2 is 1.73 bits per heavy atom. The van der Waals surface area contributed by atoms with E-state index in [1.54, 1.807) is 0 Å². The number of aromatic amines is 1. The first kappa shape index (κ1) is 17.7. The lowest BCUT2D eigenvalue weighted by Crippen LogP contribution is -2.57. The molecule has 1 amide bonds. The van der Waals surface area contributed by atoms with E-state index in [0.29, 0.717) is 11.5 Å². The molecule has 1 atom stereocenters. The van der Waals surface area contributed by atoms with E-state index in [4.69, 9.17) is 4.98 Å². The van der Waals surface area contributed by atoms with Crippen LogP contribution >= 0.6 is 0 Å². The van der Waals surface area contributed by atoms with Crippen molar-refractivity contribution in [3.05, 3.63) is 66.2 Å². The van der Waals surface area contributed by atoms with Gasteiger partial charge in [0.15, 0.2) is 0 Å². The van der Waals surface area contributed by atoms with Crippen molar-refractivity contribution < 1.29 is 4.79 Å². The summed E-state index contributed by atoms with van der Waals surface area (Å²) in [6.07, 6.45) is 2.40. The molecular formula is C25H24N4O. The molecule has 150 valence electrons. The monoisotopic (exact) mass is 396 g/mol. The van der Waals surface area contributed by atoms with Crippen LogP contribution in [0.3, 0.4) is 0 Å². The highest BCUT2D eigenvalue weighted by Gasteiger charge is 2.34. The van der Waals surface area contributed by atoms with Gasteiger partial charge in [0.25, 0.3) is 5.91 Å². The van der Waals surface area contributed by atoms with Crippen molar-refractivity contribution in [3.63, 3.8) is 0 Å². The number of piperidine rings is 3. The van der Waals surface area contributed by atoms with Gasteiger partial charge in [0.2, 0.25) is 0 Å². The van der Waals surface area contributed by atoms with E-state index in [1.807, 2.05) is 36.4 Å². The first-order valence-electron chi connectivity index (χ1n) is 10.8. The van der Waals surface area contributed by atoms with E-state index >= 15 is 0 Å². The molecule has 4 heterocycles. The van der Waals surface area contributed by atoms with Crippen molar-refractivity contribution in [2.24, 2.45) is 5.92 Å². The summed E-state index contributed by atoms with van der Waals surface area (Å²) in [4.78, 5) is 23.4. The number of nitrogens with zero attached hydrogens (tertiary/aromatic N) is 2. The first-order valence-corrected chi connectivity index (χ1v) is 10.8. The molecule has 30 heavy (non-hydrogen) atoms. The van der Waals surface area contributed by atoms with E-state index in [9.17, 15) is 4.79 Å². The Kier molecular flexibility index (Phi) is 4.09. The molecule has 0 radical (unpaired) electrons. The van der Waals surface area contributed by atoms with Crippen LogP contribution in [0.15, 0.2) is 60.7 Å². The lowest BCUT2D eigenvalue weighted by Gasteiger charge is -2.44. The van der Waals surface area contributed by atoms with Gasteiger partial charge in [-0.2, -0.15) is 0 Å². The van der Waals surface area contributed by atoms with E-state index in [2.05, 4.69) is 39.5 Å². The maximum Gasteiger partial charge on any atom is 0.251 e.